The van der Waals surface area contributed by atoms with Crippen LogP contribution in [0.25, 0.3) is 0 Å². The molecule has 0 fully saturated rings. The Morgan fingerprint density at radius 1 is 1.39 bits per heavy atom. The van der Waals surface area contributed by atoms with Crippen molar-refractivity contribution in [1.29, 1.82) is 0 Å². The Morgan fingerprint density at radius 3 is 2.50 bits per heavy atom. The van der Waals surface area contributed by atoms with E-state index in [-0.39, 0.29) is 12.5 Å². The van der Waals surface area contributed by atoms with Gasteiger partial charge in [-0.05, 0) is 42.9 Å². The number of aliphatic hydroxyl groups excluding tert-OH is 1. The summed E-state index contributed by atoms with van der Waals surface area (Å²) < 4.78 is 32.3. The van der Waals surface area contributed by atoms with Gasteiger partial charge in [0.2, 0.25) is 0 Å². The molecule has 18 heavy (non-hydrogen) atoms. The molecule has 0 amide bonds. The fraction of sp³-hybridized carbons (Fsp3) is 0.500. The lowest BCUT2D eigenvalue weighted by Crippen LogP contribution is -2.11. The third-order valence-corrected chi connectivity index (χ3v) is 3.41. The van der Waals surface area contributed by atoms with E-state index < -0.39 is 10.3 Å². The van der Waals surface area contributed by atoms with Gasteiger partial charge in [0, 0.05) is 6.61 Å². The molecule has 0 aliphatic carbocycles. The van der Waals surface area contributed by atoms with E-state index in [1.165, 1.54) is 0 Å². The molecular formula is C12H19NO4S. The predicted molar refractivity (Wildman–Crippen MR) is 71.1 cm³/mol. The number of rotatable bonds is 6. The summed E-state index contributed by atoms with van der Waals surface area (Å²) in [5.74, 6) is 0.258. The van der Waals surface area contributed by atoms with Crippen LogP contribution in [0.4, 0.5) is 5.69 Å². The van der Waals surface area contributed by atoms with Crippen molar-refractivity contribution < 1.29 is 18.1 Å². The molecule has 5 nitrogen and oxygen atoms in total. The minimum atomic E-state index is -4.24. The quantitative estimate of drug-likeness (QED) is 0.693. The van der Waals surface area contributed by atoms with Gasteiger partial charge in [-0.2, -0.15) is 8.42 Å². The van der Waals surface area contributed by atoms with E-state index in [2.05, 4.69) is 0 Å². The summed E-state index contributed by atoms with van der Waals surface area (Å²) in [6, 6.07) is 5.31. The van der Waals surface area contributed by atoms with Crippen molar-refractivity contribution in [2.24, 2.45) is 0 Å². The highest BCUT2D eigenvalue weighted by Gasteiger charge is 2.12. The summed E-state index contributed by atoms with van der Waals surface area (Å²) in [5, 5.41) is 8.98. The average Bonchev–Trinajstić information content (AvgIpc) is 2.27. The maximum Gasteiger partial charge on any atom is 0.357 e. The summed E-state index contributed by atoms with van der Waals surface area (Å²) in [4.78, 5) is 0. The van der Waals surface area contributed by atoms with Crippen LogP contribution in [0.1, 0.15) is 36.8 Å². The maximum atomic E-state index is 10.7. The van der Waals surface area contributed by atoms with Crippen molar-refractivity contribution in [3.63, 3.8) is 0 Å². The molecule has 0 saturated heterocycles. The number of hydrogen-bond donors (Lipinski definition) is 3. The lowest BCUT2D eigenvalue weighted by molar-refractivity contribution is 0.274. The van der Waals surface area contributed by atoms with Crippen molar-refractivity contribution in [2.45, 2.75) is 32.6 Å². The Morgan fingerprint density at radius 2 is 2.06 bits per heavy atom. The van der Waals surface area contributed by atoms with Crippen LogP contribution in [0.15, 0.2) is 18.2 Å². The summed E-state index contributed by atoms with van der Waals surface area (Å²) in [6.45, 7) is 3.94. The molecule has 0 saturated carbocycles. The molecular weight excluding hydrogens is 254 g/mol. The Hall–Kier alpha value is -1.11. The second-order valence-electron chi connectivity index (χ2n) is 4.27. The monoisotopic (exact) mass is 273 g/mol. The highest BCUT2D eigenvalue weighted by Crippen LogP contribution is 2.27. The predicted octanol–water partition coefficient (Wildman–Crippen LogP) is 2.09. The maximum absolute atomic E-state index is 10.7. The lowest BCUT2D eigenvalue weighted by Gasteiger charge is -2.16. The van der Waals surface area contributed by atoms with Crippen LogP contribution in [-0.4, -0.2) is 24.7 Å². The van der Waals surface area contributed by atoms with Crippen LogP contribution in [0, 0.1) is 6.92 Å². The lowest BCUT2D eigenvalue weighted by atomic mass is 9.92. The van der Waals surface area contributed by atoms with Crippen LogP contribution >= 0.6 is 0 Å². The highest BCUT2D eigenvalue weighted by molar-refractivity contribution is 7.87. The van der Waals surface area contributed by atoms with Crippen molar-refractivity contribution in [2.75, 3.05) is 11.3 Å². The molecule has 0 aliphatic heterocycles. The third-order valence-electron chi connectivity index (χ3n) is 2.93. The first kappa shape index (κ1) is 14.9. The number of aliphatic hydroxyl groups is 1. The number of hydrogen-bond acceptors (Lipinski definition) is 3. The van der Waals surface area contributed by atoms with Gasteiger partial charge in [0.1, 0.15) is 0 Å². The SMILES string of the molecule is CCC(CCO)c1ccc(NS(=O)(=O)O)c(C)c1. The van der Waals surface area contributed by atoms with Crippen molar-refractivity contribution in [1.82, 2.24) is 0 Å². The Bertz CT molecular complexity index is 499. The molecule has 0 heterocycles. The van der Waals surface area contributed by atoms with E-state index in [1.807, 2.05) is 23.8 Å². The zero-order chi connectivity index (χ0) is 13.8. The van der Waals surface area contributed by atoms with Gasteiger partial charge in [0.05, 0.1) is 5.69 Å². The minimum Gasteiger partial charge on any atom is -0.396 e. The van der Waals surface area contributed by atoms with E-state index in [0.29, 0.717) is 12.1 Å². The van der Waals surface area contributed by atoms with Crippen LogP contribution in [0.3, 0.4) is 0 Å². The van der Waals surface area contributed by atoms with Gasteiger partial charge >= 0.3 is 10.3 Å². The zero-order valence-electron chi connectivity index (χ0n) is 10.5. The van der Waals surface area contributed by atoms with E-state index in [4.69, 9.17) is 9.66 Å². The largest absolute Gasteiger partial charge is 0.396 e. The first-order valence-corrected chi connectivity index (χ1v) is 7.28. The van der Waals surface area contributed by atoms with Gasteiger partial charge in [-0.25, -0.2) is 0 Å². The van der Waals surface area contributed by atoms with Crippen LogP contribution in [0.2, 0.25) is 0 Å². The third kappa shape index (κ3) is 4.29. The molecule has 1 atom stereocenters. The second-order valence-corrected chi connectivity index (χ2v) is 5.42. The molecule has 1 aromatic rings. The van der Waals surface area contributed by atoms with Crippen LogP contribution in [-0.2, 0) is 10.3 Å². The molecule has 3 N–H and O–H groups in total. The average molecular weight is 273 g/mol. The number of aryl methyl sites for hydroxylation is 1. The number of anilines is 1. The Balaban J connectivity index is 2.98. The van der Waals surface area contributed by atoms with Gasteiger partial charge in [-0.15, -0.1) is 0 Å². The van der Waals surface area contributed by atoms with E-state index >= 15 is 0 Å². The van der Waals surface area contributed by atoms with E-state index in [9.17, 15) is 8.42 Å². The molecule has 102 valence electrons. The van der Waals surface area contributed by atoms with Gasteiger partial charge in [-0.3, -0.25) is 9.27 Å². The second kappa shape index (κ2) is 6.17. The van der Waals surface area contributed by atoms with E-state index in [0.717, 1.165) is 17.5 Å². The Kier molecular flexibility index (Phi) is 5.13. The van der Waals surface area contributed by atoms with Gasteiger partial charge in [-0.1, -0.05) is 19.1 Å². The summed E-state index contributed by atoms with van der Waals surface area (Å²) in [7, 11) is -4.24. The Labute approximate surface area is 108 Å². The fourth-order valence-electron chi connectivity index (χ4n) is 1.96. The molecule has 1 rings (SSSR count). The first-order valence-electron chi connectivity index (χ1n) is 5.84. The van der Waals surface area contributed by atoms with Crippen LogP contribution < -0.4 is 4.72 Å². The van der Waals surface area contributed by atoms with Crippen molar-refractivity contribution in [3.8, 4) is 0 Å². The molecule has 1 aromatic carbocycles. The summed E-state index contributed by atoms with van der Waals surface area (Å²) in [5.41, 5.74) is 2.16. The molecule has 0 aromatic heterocycles. The molecule has 0 bridgehead atoms. The molecule has 0 spiro atoms. The highest BCUT2D eigenvalue weighted by atomic mass is 32.2. The van der Waals surface area contributed by atoms with Crippen LogP contribution in [0.5, 0.6) is 0 Å². The topological polar surface area (TPSA) is 86.6 Å². The molecule has 6 heteroatoms. The smallest absolute Gasteiger partial charge is 0.357 e. The summed E-state index contributed by atoms with van der Waals surface area (Å²) in [6.07, 6.45) is 1.59. The van der Waals surface area contributed by atoms with Gasteiger partial charge in [0.15, 0.2) is 0 Å². The van der Waals surface area contributed by atoms with E-state index in [1.54, 1.807) is 13.0 Å². The fourth-order valence-corrected chi connectivity index (χ4v) is 2.46. The normalized spacial score (nSPS) is 13.3. The first-order chi connectivity index (χ1) is 8.37. The van der Waals surface area contributed by atoms with Crippen molar-refractivity contribution in [3.05, 3.63) is 29.3 Å². The van der Waals surface area contributed by atoms with Gasteiger partial charge in [0.25, 0.3) is 0 Å². The molecule has 0 aliphatic rings. The summed E-state index contributed by atoms with van der Waals surface area (Å²) >= 11 is 0. The minimum absolute atomic E-state index is 0.128. The number of nitrogens with one attached hydrogen (secondary N) is 1. The molecule has 0 radical (unpaired) electrons. The zero-order valence-corrected chi connectivity index (χ0v) is 11.4. The van der Waals surface area contributed by atoms with Crippen molar-refractivity contribution >= 4 is 16.0 Å². The standard InChI is InChI=1S/C12H19NO4S/c1-3-10(6-7-14)11-4-5-12(9(2)8-11)13-18(15,16)17/h4-5,8,10,13-14H,3,6-7H2,1-2H3,(H,15,16,17). The van der Waals surface area contributed by atoms with Gasteiger partial charge < -0.3 is 5.11 Å². The molecule has 1 unspecified atom stereocenters. The number of benzene rings is 1.